The molecule has 0 atom stereocenters. The number of fused-ring (bicyclic) bond motifs is 1. The lowest BCUT2D eigenvalue weighted by Gasteiger charge is -2.32. The van der Waals surface area contributed by atoms with Gasteiger partial charge in [0.05, 0.1) is 18.9 Å². The predicted molar refractivity (Wildman–Crippen MR) is 139 cm³/mol. The van der Waals surface area contributed by atoms with Crippen LogP contribution in [0.15, 0.2) is 86.0 Å². The van der Waals surface area contributed by atoms with Crippen molar-refractivity contribution in [1.29, 1.82) is 0 Å². The van der Waals surface area contributed by atoms with Crippen LogP contribution < -0.4 is 0 Å². The molecule has 0 bridgehead atoms. The van der Waals surface area contributed by atoms with Crippen LogP contribution >= 0.6 is 11.3 Å². The Balaban J connectivity index is 1.53. The van der Waals surface area contributed by atoms with Gasteiger partial charge in [-0.25, -0.2) is 14.4 Å². The minimum absolute atomic E-state index is 0.350. The van der Waals surface area contributed by atoms with Crippen LogP contribution in [-0.2, 0) is 14.9 Å². The Morgan fingerprint density at radius 1 is 0.971 bits per heavy atom. The van der Waals surface area contributed by atoms with Crippen LogP contribution in [0.1, 0.15) is 42.4 Å². The molecule has 1 fully saturated rings. The fourth-order valence-electron chi connectivity index (χ4n) is 4.66. The fourth-order valence-corrected chi connectivity index (χ4v) is 5.62. The van der Waals surface area contributed by atoms with Crippen LogP contribution in [0.5, 0.6) is 0 Å². The number of hydrogen-bond donors (Lipinski definition) is 0. The average Bonchev–Trinajstić information content (AvgIpc) is 3.32. The lowest BCUT2D eigenvalue weighted by atomic mass is 9.72. The molecule has 0 amide bonds. The molecule has 0 radical (unpaired) electrons. The van der Waals surface area contributed by atoms with E-state index >= 15 is 4.39 Å². The summed E-state index contributed by atoms with van der Waals surface area (Å²) < 4.78 is 26.3. The number of ether oxygens (including phenoxy) is 2. The summed E-state index contributed by atoms with van der Waals surface area (Å²) in [4.78, 5) is 10.5. The maximum Gasteiger partial charge on any atom is 0.183 e. The molecule has 0 unspecified atom stereocenters. The zero-order valence-electron chi connectivity index (χ0n) is 19.5. The lowest BCUT2D eigenvalue weighted by Crippen LogP contribution is -2.27. The van der Waals surface area contributed by atoms with Gasteiger partial charge in [0, 0.05) is 16.5 Å². The van der Waals surface area contributed by atoms with E-state index in [9.17, 15) is 0 Å². The topological polar surface area (TPSA) is 44.2 Å². The van der Waals surface area contributed by atoms with Gasteiger partial charge in [0.2, 0.25) is 0 Å². The summed E-state index contributed by atoms with van der Waals surface area (Å²) in [5, 5.41) is 0.594. The van der Waals surface area contributed by atoms with Crippen LogP contribution in [0.25, 0.3) is 20.9 Å². The Bertz CT molecular complexity index is 1340. The Hall–Kier alpha value is -3.19. The smallest absolute Gasteiger partial charge is 0.183 e. The molecule has 0 saturated carbocycles. The highest BCUT2D eigenvalue weighted by Gasteiger charge is 2.34. The van der Waals surface area contributed by atoms with Crippen molar-refractivity contribution < 1.29 is 13.9 Å². The summed E-state index contributed by atoms with van der Waals surface area (Å²) in [5.41, 5.74) is 3.57. The molecule has 6 heteroatoms. The number of allylic oxidation sites excluding steroid dienone is 2. The Kier molecular flexibility index (Phi) is 6.86. The van der Waals surface area contributed by atoms with E-state index in [0.29, 0.717) is 42.2 Å². The van der Waals surface area contributed by atoms with Crippen LogP contribution in [-0.4, -0.2) is 23.2 Å². The van der Waals surface area contributed by atoms with E-state index in [1.54, 1.807) is 6.07 Å². The van der Waals surface area contributed by atoms with Crippen LogP contribution in [0, 0.1) is 5.82 Å². The number of nitrogens with zero attached hydrogens (tertiary/aromatic N) is 2. The number of rotatable bonds is 8. The molecular weight excluding hydrogens is 459 g/mol. The minimum atomic E-state index is -0.521. The summed E-state index contributed by atoms with van der Waals surface area (Å²) in [6.45, 7) is 9.23. The molecule has 1 aliphatic rings. The number of halogens is 1. The van der Waals surface area contributed by atoms with Crippen molar-refractivity contribution in [3.05, 3.63) is 109 Å². The number of thiazole rings is 1. The van der Waals surface area contributed by atoms with Gasteiger partial charge in [-0.1, -0.05) is 59.9 Å². The SMILES string of the molecule is C=CCC(CC=C)(c1ccccc1)c1ccc2nc(-c3ccc(C4OCCCO4)cc3F)sc2n1. The maximum absolute atomic E-state index is 15.1. The molecule has 2 aromatic carbocycles. The zero-order chi connectivity index (χ0) is 24.3. The molecule has 3 heterocycles. The number of hydrogen-bond acceptors (Lipinski definition) is 5. The molecule has 0 spiro atoms. The van der Waals surface area contributed by atoms with Crippen molar-refractivity contribution in [3.8, 4) is 10.6 Å². The quantitative estimate of drug-likeness (QED) is 0.244. The monoisotopic (exact) mass is 486 g/mol. The van der Waals surface area contributed by atoms with E-state index in [4.69, 9.17) is 14.5 Å². The molecule has 1 aliphatic heterocycles. The van der Waals surface area contributed by atoms with Gasteiger partial charge in [0.1, 0.15) is 21.2 Å². The first kappa shape index (κ1) is 23.5. The molecule has 35 heavy (non-hydrogen) atoms. The highest BCUT2D eigenvalue weighted by molar-refractivity contribution is 7.21. The van der Waals surface area contributed by atoms with E-state index in [-0.39, 0.29) is 11.2 Å². The van der Waals surface area contributed by atoms with Crippen molar-refractivity contribution >= 4 is 21.7 Å². The van der Waals surface area contributed by atoms with Gasteiger partial charge in [-0.3, -0.25) is 0 Å². The molecule has 4 aromatic rings. The van der Waals surface area contributed by atoms with E-state index in [2.05, 4.69) is 30.3 Å². The van der Waals surface area contributed by atoms with E-state index in [1.165, 1.54) is 17.4 Å². The first-order chi connectivity index (χ1) is 17.1. The normalized spacial score (nSPS) is 14.8. The first-order valence-electron chi connectivity index (χ1n) is 11.7. The average molecular weight is 487 g/mol. The van der Waals surface area contributed by atoms with Gasteiger partial charge in [0.15, 0.2) is 6.29 Å². The standard InChI is InChI=1S/C29H27FN2O2S/c1-3-15-29(16-4-2,21-9-6-5-7-10-21)25-14-13-24-27(32-25)35-26(31-24)22-12-11-20(19-23(22)30)28-33-17-8-18-34-28/h3-7,9-14,19,28H,1-2,8,15-18H2. The third-order valence-electron chi connectivity index (χ3n) is 6.38. The summed E-state index contributed by atoms with van der Waals surface area (Å²) in [6, 6.07) is 19.4. The van der Waals surface area contributed by atoms with Crippen molar-refractivity contribution in [2.75, 3.05) is 13.2 Å². The molecule has 0 aliphatic carbocycles. The van der Waals surface area contributed by atoms with Crippen molar-refractivity contribution in [3.63, 3.8) is 0 Å². The minimum Gasteiger partial charge on any atom is -0.348 e. The highest BCUT2D eigenvalue weighted by atomic mass is 32.1. The van der Waals surface area contributed by atoms with Gasteiger partial charge in [0.25, 0.3) is 0 Å². The fraction of sp³-hybridized carbons (Fsp3) is 0.241. The number of pyridine rings is 1. The number of aromatic nitrogens is 2. The highest BCUT2D eigenvalue weighted by Crippen LogP contribution is 2.41. The molecule has 2 aromatic heterocycles. The summed E-state index contributed by atoms with van der Waals surface area (Å²) in [7, 11) is 0. The van der Waals surface area contributed by atoms with Crippen LogP contribution in [0.3, 0.4) is 0 Å². The van der Waals surface area contributed by atoms with Gasteiger partial charge in [-0.2, -0.15) is 0 Å². The zero-order valence-corrected chi connectivity index (χ0v) is 20.3. The molecule has 178 valence electrons. The van der Waals surface area contributed by atoms with Gasteiger partial charge < -0.3 is 9.47 Å². The molecule has 0 N–H and O–H groups in total. The summed E-state index contributed by atoms with van der Waals surface area (Å²) >= 11 is 1.39. The van der Waals surface area contributed by atoms with Crippen molar-refractivity contribution in [2.45, 2.75) is 31.0 Å². The predicted octanol–water partition coefficient (Wildman–Crippen LogP) is 7.37. The van der Waals surface area contributed by atoms with Crippen molar-refractivity contribution in [2.24, 2.45) is 0 Å². The largest absolute Gasteiger partial charge is 0.348 e. The molecule has 5 rings (SSSR count). The van der Waals surface area contributed by atoms with E-state index in [0.717, 1.165) is 28.0 Å². The second-order valence-electron chi connectivity index (χ2n) is 8.64. The number of benzene rings is 2. The van der Waals surface area contributed by atoms with Gasteiger partial charge in [-0.15, -0.1) is 13.2 Å². The molecule has 1 saturated heterocycles. The Morgan fingerprint density at radius 2 is 1.71 bits per heavy atom. The van der Waals surface area contributed by atoms with Crippen LogP contribution in [0.4, 0.5) is 4.39 Å². The summed E-state index contributed by atoms with van der Waals surface area (Å²) in [5.74, 6) is -0.350. The second-order valence-corrected chi connectivity index (χ2v) is 9.62. The second kappa shape index (κ2) is 10.2. The van der Waals surface area contributed by atoms with Crippen LogP contribution in [0.2, 0.25) is 0 Å². The third kappa shape index (κ3) is 4.57. The third-order valence-corrected chi connectivity index (χ3v) is 7.38. The van der Waals surface area contributed by atoms with Crippen molar-refractivity contribution in [1.82, 2.24) is 9.97 Å². The summed E-state index contributed by atoms with van der Waals surface area (Å²) in [6.07, 6.45) is 5.62. The first-order valence-corrected chi connectivity index (χ1v) is 12.5. The lowest BCUT2D eigenvalue weighted by molar-refractivity contribution is -0.183. The van der Waals surface area contributed by atoms with E-state index < -0.39 is 6.29 Å². The Labute approximate surface area is 208 Å². The van der Waals surface area contributed by atoms with E-state index in [1.807, 2.05) is 48.6 Å². The molecule has 4 nitrogen and oxygen atoms in total. The Morgan fingerprint density at radius 3 is 2.40 bits per heavy atom. The van der Waals surface area contributed by atoms with Gasteiger partial charge >= 0.3 is 0 Å². The molecular formula is C29H27FN2O2S. The maximum atomic E-state index is 15.1. The van der Waals surface area contributed by atoms with Gasteiger partial charge in [-0.05, 0) is 49.1 Å².